The first kappa shape index (κ1) is 19.3. The summed E-state index contributed by atoms with van der Waals surface area (Å²) < 4.78 is 5.37. The van der Waals surface area contributed by atoms with E-state index in [-0.39, 0.29) is 24.3 Å². The van der Waals surface area contributed by atoms with Crippen molar-refractivity contribution in [1.82, 2.24) is 0 Å². The maximum absolute atomic E-state index is 12.0. The SMILES string of the molecule is CCOc1ccc(NC(=O)CNc2ccc(NC(=O)C(C)C)cc2)cc1. The van der Waals surface area contributed by atoms with E-state index in [1.807, 2.05) is 45.0 Å². The van der Waals surface area contributed by atoms with Crippen LogP contribution in [0.1, 0.15) is 20.8 Å². The molecular formula is C20H25N3O3. The van der Waals surface area contributed by atoms with Crippen LogP contribution in [0.3, 0.4) is 0 Å². The van der Waals surface area contributed by atoms with Crippen LogP contribution in [-0.2, 0) is 9.59 Å². The first-order valence-electron chi connectivity index (χ1n) is 8.65. The molecule has 138 valence electrons. The zero-order valence-corrected chi connectivity index (χ0v) is 15.3. The zero-order valence-electron chi connectivity index (χ0n) is 15.3. The van der Waals surface area contributed by atoms with Crippen molar-refractivity contribution >= 4 is 28.9 Å². The summed E-state index contributed by atoms with van der Waals surface area (Å²) >= 11 is 0. The first-order valence-corrected chi connectivity index (χ1v) is 8.65. The molecule has 0 heterocycles. The molecule has 2 aromatic rings. The number of carbonyl (C=O) groups excluding carboxylic acids is 2. The second kappa shape index (κ2) is 9.46. The summed E-state index contributed by atoms with van der Waals surface area (Å²) in [6, 6.07) is 14.5. The summed E-state index contributed by atoms with van der Waals surface area (Å²) in [5.41, 5.74) is 2.24. The maximum atomic E-state index is 12.0. The fourth-order valence-electron chi connectivity index (χ4n) is 2.15. The molecular weight excluding hydrogens is 330 g/mol. The molecule has 2 rings (SSSR count). The van der Waals surface area contributed by atoms with Crippen molar-refractivity contribution in [3.63, 3.8) is 0 Å². The van der Waals surface area contributed by atoms with E-state index in [1.165, 1.54) is 0 Å². The molecule has 2 aromatic carbocycles. The van der Waals surface area contributed by atoms with Crippen LogP contribution in [0.2, 0.25) is 0 Å². The minimum Gasteiger partial charge on any atom is -0.494 e. The third-order valence-corrected chi connectivity index (χ3v) is 3.58. The lowest BCUT2D eigenvalue weighted by molar-refractivity contribution is -0.119. The van der Waals surface area contributed by atoms with E-state index in [1.54, 1.807) is 24.3 Å². The highest BCUT2D eigenvalue weighted by Crippen LogP contribution is 2.16. The Balaban J connectivity index is 1.80. The second-order valence-electron chi connectivity index (χ2n) is 6.08. The van der Waals surface area contributed by atoms with E-state index in [0.29, 0.717) is 12.3 Å². The lowest BCUT2D eigenvalue weighted by Crippen LogP contribution is -2.21. The Labute approximate surface area is 153 Å². The number of rotatable bonds is 8. The molecule has 0 aliphatic carbocycles. The summed E-state index contributed by atoms with van der Waals surface area (Å²) in [5.74, 6) is 0.527. The van der Waals surface area contributed by atoms with Gasteiger partial charge in [0.1, 0.15) is 5.75 Å². The van der Waals surface area contributed by atoms with Crippen molar-refractivity contribution in [2.24, 2.45) is 5.92 Å². The molecule has 0 saturated carbocycles. The van der Waals surface area contributed by atoms with E-state index < -0.39 is 0 Å². The van der Waals surface area contributed by atoms with Crippen LogP contribution in [0, 0.1) is 5.92 Å². The number of amides is 2. The van der Waals surface area contributed by atoms with Crippen LogP contribution in [0.5, 0.6) is 5.75 Å². The molecule has 6 heteroatoms. The van der Waals surface area contributed by atoms with Gasteiger partial charge in [-0.25, -0.2) is 0 Å². The molecule has 0 bridgehead atoms. The molecule has 6 nitrogen and oxygen atoms in total. The average Bonchev–Trinajstić information content (AvgIpc) is 2.63. The predicted octanol–water partition coefficient (Wildman–Crippen LogP) is 3.73. The molecule has 0 spiro atoms. The fourth-order valence-corrected chi connectivity index (χ4v) is 2.15. The molecule has 0 aliphatic heterocycles. The Morgan fingerprint density at radius 1 is 0.885 bits per heavy atom. The average molecular weight is 355 g/mol. The van der Waals surface area contributed by atoms with Gasteiger partial charge in [-0.1, -0.05) is 13.8 Å². The minimum atomic E-state index is -0.147. The molecule has 0 fully saturated rings. The Morgan fingerprint density at radius 2 is 1.42 bits per heavy atom. The second-order valence-corrected chi connectivity index (χ2v) is 6.08. The number of ether oxygens (including phenoxy) is 1. The number of benzene rings is 2. The Kier molecular flexibility index (Phi) is 7.02. The van der Waals surface area contributed by atoms with Gasteiger partial charge in [0.05, 0.1) is 13.2 Å². The van der Waals surface area contributed by atoms with Crippen molar-refractivity contribution in [2.75, 3.05) is 29.1 Å². The van der Waals surface area contributed by atoms with Crippen LogP contribution < -0.4 is 20.7 Å². The predicted molar refractivity (Wildman–Crippen MR) is 105 cm³/mol. The summed E-state index contributed by atoms with van der Waals surface area (Å²) in [6.45, 7) is 6.36. The van der Waals surface area contributed by atoms with Gasteiger partial charge in [0, 0.05) is 23.0 Å². The maximum Gasteiger partial charge on any atom is 0.243 e. The number of nitrogens with one attached hydrogen (secondary N) is 3. The van der Waals surface area contributed by atoms with E-state index >= 15 is 0 Å². The van der Waals surface area contributed by atoms with Gasteiger partial charge in [0.25, 0.3) is 0 Å². The van der Waals surface area contributed by atoms with Gasteiger partial charge in [0.15, 0.2) is 0 Å². The van der Waals surface area contributed by atoms with Crippen LogP contribution in [0.25, 0.3) is 0 Å². The van der Waals surface area contributed by atoms with E-state index in [0.717, 1.165) is 17.1 Å². The number of anilines is 3. The molecule has 3 N–H and O–H groups in total. The summed E-state index contributed by atoms with van der Waals surface area (Å²) in [5, 5.41) is 8.69. The van der Waals surface area contributed by atoms with Gasteiger partial charge in [-0.15, -0.1) is 0 Å². The monoisotopic (exact) mass is 355 g/mol. The normalized spacial score (nSPS) is 10.3. The largest absolute Gasteiger partial charge is 0.494 e. The first-order chi connectivity index (χ1) is 12.5. The number of hydrogen-bond acceptors (Lipinski definition) is 4. The van der Waals surface area contributed by atoms with E-state index in [9.17, 15) is 9.59 Å². The highest BCUT2D eigenvalue weighted by Gasteiger charge is 2.07. The van der Waals surface area contributed by atoms with Gasteiger partial charge in [0.2, 0.25) is 11.8 Å². The topological polar surface area (TPSA) is 79.5 Å². The zero-order chi connectivity index (χ0) is 18.9. The lowest BCUT2D eigenvalue weighted by atomic mass is 10.2. The Morgan fingerprint density at radius 3 is 2.00 bits per heavy atom. The standard InChI is InChI=1S/C20H25N3O3/c1-4-26-18-11-9-16(10-12-18)22-19(24)13-21-15-5-7-17(8-6-15)23-20(25)14(2)3/h5-12,14,21H,4,13H2,1-3H3,(H,22,24)(H,23,25). The summed E-state index contributed by atoms with van der Waals surface area (Å²) in [7, 11) is 0. The number of carbonyl (C=O) groups is 2. The van der Waals surface area contributed by atoms with Crippen molar-refractivity contribution in [3.8, 4) is 5.75 Å². The van der Waals surface area contributed by atoms with Crippen LogP contribution >= 0.6 is 0 Å². The lowest BCUT2D eigenvalue weighted by Gasteiger charge is -2.10. The minimum absolute atomic E-state index is 0.0274. The van der Waals surface area contributed by atoms with E-state index in [2.05, 4.69) is 16.0 Å². The van der Waals surface area contributed by atoms with Gasteiger partial charge in [-0.3, -0.25) is 9.59 Å². The van der Waals surface area contributed by atoms with Crippen molar-refractivity contribution < 1.29 is 14.3 Å². The van der Waals surface area contributed by atoms with Crippen molar-refractivity contribution in [3.05, 3.63) is 48.5 Å². The van der Waals surface area contributed by atoms with Crippen molar-refractivity contribution in [2.45, 2.75) is 20.8 Å². The van der Waals surface area contributed by atoms with Gasteiger partial charge < -0.3 is 20.7 Å². The molecule has 0 atom stereocenters. The van der Waals surface area contributed by atoms with Crippen LogP contribution in [-0.4, -0.2) is 25.0 Å². The Bertz CT molecular complexity index is 725. The molecule has 0 aromatic heterocycles. The number of hydrogen-bond donors (Lipinski definition) is 3. The van der Waals surface area contributed by atoms with Crippen molar-refractivity contribution in [1.29, 1.82) is 0 Å². The van der Waals surface area contributed by atoms with Gasteiger partial charge >= 0.3 is 0 Å². The molecule has 0 saturated heterocycles. The van der Waals surface area contributed by atoms with Gasteiger partial charge in [-0.05, 0) is 55.5 Å². The van der Waals surface area contributed by atoms with Crippen LogP contribution in [0.4, 0.5) is 17.1 Å². The smallest absolute Gasteiger partial charge is 0.243 e. The molecule has 0 radical (unpaired) electrons. The van der Waals surface area contributed by atoms with Gasteiger partial charge in [-0.2, -0.15) is 0 Å². The molecule has 0 unspecified atom stereocenters. The summed E-state index contributed by atoms with van der Waals surface area (Å²) in [4.78, 5) is 23.7. The fraction of sp³-hybridized carbons (Fsp3) is 0.300. The van der Waals surface area contributed by atoms with Crippen LogP contribution in [0.15, 0.2) is 48.5 Å². The highest BCUT2D eigenvalue weighted by atomic mass is 16.5. The third-order valence-electron chi connectivity index (χ3n) is 3.58. The summed E-state index contributed by atoms with van der Waals surface area (Å²) in [6.07, 6.45) is 0. The Hall–Kier alpha value is -3.02. The molecule has 2 amide bonds. The third kappa shape index (κ3) is 6.12. The van der Waals surface area contributed by atoms with E-state index in [4.69, 9.17) is 4.74 Å². The molecule has 0 aliphatic rings. The molecule has 26 heavy (non-hydrogen) atoms. The quantitative estimate of drug-likeness (QED) is 0.674. The highest BCUT2D eigenvalue weighted by molar-refractivity contribution is 5.94.